The van der Waals surface area contributed by atoms with E-state index < -0.39 is 0 Å². The number of thiophene rings is 2. The molecule has 0 N–H and O–H groups in total. The maximum absolute atomic E-state index is 12.1. The van der Waals surface area contributed by atoms with Gasteiger partial charge in [-0.2, -0.15) is 5.26 Å². The van der Waals surface area contributed by atoms with Gasteiger partial charge in [-0.25, -0.2) is 4.85 Å². The zero-order valence-electron chi connectivity index (χ0n) is 36.1. The third-order valence-corrected chi connectivity index (χ3v) is 16.7. The quantitative estimate of drug-likeness (QED) is 0.128. The van der Waals surface area contributed by atoms with Gasteiger partial charge in [-0.3, -0.25) is 0 Å². The molecule has 0 aliphatic heterocycles. The lowest BCUT2D eigenvalue weighted by atomic mass is 9.88. The number of hydrogen-bond donors (Lipinski definition) is 0. The summed E-state index contributed by atoms with van der Waals surface area (Å²) in [5.41, 5.74) is 9.71. The van der Waals surface area contributed by atoms with Crippen LogP contribution in [0, 0.1) is 17.9 Å². The SMILES string of the molecule is [C-]#[N+]c1c(-c2ccccc2)c(C#N)c(-n2c3c(ccc4c5ccccc5sc43)c3ccc4c5ccccc5sc4c32)c(-c2ccccc2)c1-n1c2cccc3c4ccccc4c4cccc1c4c32. The number of benzene rings is 11. The van der Waals surface area contributed by atoms with Crippen LogP contribution in [0.25, 0.3) is 144 Å². The second kappa shape index (κ2) is 13.9. The van der Waals surface area contributed by atoms with Crippen molar-refractivity contribution in [1.82, 2.24) is 9.13 Å². The van der Waals surface area contributed by atoms with Crippen LogP contribution in [0.15, 0.2) is 194 Å². The lowest BCUT2D eigenvalue weighted by Crippen LogP contribution is -2.09. The molecule has 0 fully saturated rings. The Morgan fingerprint density at radius 3 is 1.34 bits per heavy atom. The summed E-state index contributed by atoms with van der Waals surface area (Å²) in [5, 5.41) is 26.2. The van der Waals surface area contributed by atoms with E-state index in [4.69, 9.17) is 0 Å². The van der Waals surface area contributed by atoms with Crippen LogP contribution in [-0.4, -0.2) is 9.13 Å². The monoisotopic (exact) mass is 896 g/mol. The molecule has 0 bridgehead atoms. The van der Waals surface area contributed by atoms with Gasteiger partial charge >= 0.3 is 0 Å². The average Bonchev–Trinajstić information content (AvgIpc) is 4.16. The summed E-state index contributed by atoms with van der Waals surface area (Å²) in [6.45, 7) is 9.37. The van der Waals surface area contributed by atoms with Crippen molar-refractivity contribution in [2.24, 2.45) is 0 Å². The van der Waals surface area contributed by atoms with E-state index in [-0.39, 0.29) is 0 Å². The molecule has 15 aromatic rings. The van der Waals surface area contributed by atoms with Crippen LogP contribution in [0.4, 0.5) is 5.69 Å². The van der Waals surface area contributed by atoms with Crippen LogP contribution in [0.1, 0.15) is 5.56 Å². The molecule has 15 rings (SSSR count). The molecule has 0 saturated heterocycles. The highest BCUT2D eigenvalue weighted by Crippen LogP contribution is 2.55. The molecular formula is C62H32N4S2. The van der Waals surface area contributed by atoms with Gasteiger partial charge in [0.25, 0.3) is 0 Å². The molecule has 0 atom stereocenters. The lowest BCUT2D eigenvalue weighted by Gasteiger charge is -2.26. The Morgan fingerprint density at radius 2 is 0.838 bits per heavy atom. The maximum atomic E-state index is 12.1. The Balaban J connectivity index is 1.26. The number of hydrogen-bond acceptors (Lipinski definition) is 3. The van der Waals surface area contributed by atoms with E-state index in [2.05, 4.69) is 178 Å². The first kappa shape index (κ1) is 37.4. The topological polar surface area (TPSA) is 38.0 Å². The number of fused-ring (bicyclic) bond motifs is 14. The van der Waals surface area contributed by atoms with Crippen LogP contribution in [0.3, 0.4) is 0 Å². The molecule has 0 unspecified atom stereocenters. The molecule has 0 radical (unpaired) electrons. The summed E-state index contributed by atoms with van der Waals surface area (Å²) < 4.78 is 9.53. The molecule has 68 heavy (non-hydrogen) atoms. The van der Waals surface area contributed by atoms with Crippen molar-refractivity contribution in [2.75, 3.05) is 0 Å². The van der Waals surface area contributed by atoms with E-state index in [1.807, 2.05) is 36.4 Å². The zero-order valence-corrected chi connectivity index (χ0v) is 37.7. The van der Waals surface area contributed by atoms with Gasteiger partial charge in [0, 0.05) is 63.6 Å². The summed E-state index contributed by atoms with van der Waals surface area (Å²) in [7, 11) is 0. The number of rotatable bonds is 4. The molecule has 0 saturated carbocycles. The van der Waals surface area contributed by atoms with Crippen molar-refractivity contribution in [3.05, 3.63) is 211 Å². The molecule has 0 aliphatic carbocycles. The van der Waals surface area contributed by atoms with Crippen molar-refractivity contribution in [1.29, 1.82) is 5.26 Å². The molecule has 0 spiro atoms. The summed E-state index contributed by atoms with van der Waals surface area (Å²) in [5.74, 6) is 0. The number of nitriles is 1. The first-order valence-electron chi connectivity index (χ1n) is 22.7. The molecule has 4 aromatic heterocycles. The second-order valence-corrected chi connectivity index (χ2v) is 19.7. The van der Waals surface area contributed by atoms with Gasteiger partial charge in [0.15, 0.2) is 0 Å². The van der Waals surface area contributed by atoms with Crippen molar-refractivity contribution >= 4 is 134 Å². The van der Waals surface area contributed by atoms with Gasteiger partial charge in [-0.1, -0.05) is 170 Å². The van der Waals surface area contributed by atoms with Crippen LogP contribution < -0.4 is 0 Å². The average molecular weight is 897 g/mol. The predicted octanol–water partition coefficient (Wildman–Crippen LogP) is 18.1. The first-order valence-corrected chi connectivity index (χ1v) is 24.3. The summed E-state index contributed by atoms with van der Waals surface area (Å²) in [6, 6.07) is 71.8. The zero-order chi connectivity index (χ0) is 44.8. The fourth-order valence-corrected chi connectivity index (χ4v) is 14.1. The highest BCUT2D eigenvalue weighted by Gasteiger charge is 2.33. The minimum atomic E-state index is 0.432. The molecule has 11 aromatic carbocycles. The molecule has 0 amide bonds. The van der Waals surface area contributed by atoms with Crippen molar-refractivity contribution in [3.63, 3.8) is 0 Å². The van der Waals surface area contributed by atoms with Crippen LogP contribution in [-0.2, 0) is 0 Å². The van der Waals surface area contributed by atoms with E-state index >= 15 is 0 Å². The minimum Gasteiger partial charge on any atom is -0.318 e. The van der Waals surface area contributed by atoms with E-state index in [9.17, 15) is 11.8 Å². The van der Waals surface area contributed by atoms with E-state index in [1.165, 1.54) is 52.5 Å². The van der Waals surface area contributed by atoms with Gasteiger partial charge in [-0.05, 0) is 56.9 Å². The highest BCUT2D eigenvalue weighted by molar-refractivity contribution is 7.27. The summed E-state index contributed by atoms with van der Waals surface area (Å²) in [6.07, 6.45) is 0. The smallest absolute Gasteiger partial charge is 0.220 e. The molecule has 4 nitrogen and oxygen atoms in total. The molecule has 312 valence electrons. The van der Waals surface area contributed by atoms with E-state index in [0.717, 1.165) is 81.1 Å². The lowest BCUT2D eigenvalue weighted by molar-refractivity contribution is 1.14. The van der Waals surface area contributed by atoms with Gasteiger partial charge in [0.1, 0.15) is 6.07 Å². The Bertz CT molecular complexity index is 4530. The molecular weight excluding hydrogens is 865 g/mol. The van der Waals surface area contributed by atoms with E-state index in [1.54, 1.807) is 22.7 Å². The molecule has 6 heteroatoms. The van der Waals surface area contributed by atoms with Crippen molar-refractivity contribution < 1.29 is 0 Å². The van der Waals surface area contributed by atoms with Gasteiger partial charge in [-0.15, -0.1) is 22.7 Å². The number of nitrogens with zero attached hydrogens (tertiary/aromatic N) is 4. The maximum Gasteiger partial charge on any atom is 0.220 e. The van der Waals surface area contributed by atoms with Gasteiger partial charge in [0.05, 0.1) is 55.0 Å². The fourth-order valence-electron chi connectivity index (χ4n) is 11.6. The predicted molar refractivity (Wildman–Crippen MR) is 289 cm³/mol. The Morgan fingerprint density at radius 1 is 0.397 bits per heavy atom. The summed E-state index contributed by atoms with van der Waals surface area (Å²) >= 11 is 3.61. The molecule has 4 heterocycles. The number of aromatic nitrogens is 2. The Kier molecular flexibility index (Phi) is 7.64. The van der Waals surface area contributed by atoms with Crippen LogP contribution >= 0.6 is 22.7 Å². The summed E-state index contributed by atoms with van der Waals surface area (Å²) in [4.78, 5) is 4.59. The highest BCUT2D eigenvalue weighted by atomic mass is 32.1. The third-order valence-electron chi connectivity index (χ3n) is 14.3. The first-order chi connectivity index (χ1) is 33.7. The standard InChI is InChI=1S/C62H32N4S2/c1-64-56-52(35-16-4-2-5-17-35)47(34-63)57(53(36-18-6-3-7-19-36)60(56)65-48-26-14-24-41-37-20-8-9-21-38(37)42-25-15-27-49(65)55(42)54(41)48)66-58-43(30-32-45-39-22-10-12-28-50(39)67-61(45)58)44-31-33-46-40-23-11-13-29-51(40)68-62(46)59(44)66/h2-33H. The second-order valence-electron chi connectivity index (χ2n) is 17.6. The van der Waals surface area contributed by atoms with Gasteiger partial charge in [0.2, 0.25) is 5.69 Å². The fraction of sp³-hybridized carbons (Fsp3) is 0. The third kappa shape index (κ3) is 4.79. The van der Waals surface area contributed by atoms with Crippen molar-refractivity contribution in [2.45, 2.75) is 0 Å². The van der Waals surface area contributed by atoms with Gasteiger partial charge < -0.3 is 9.13 Å². The Labute approximate surface area is 396 Å². The normalized spacial score (nSPS) is 12.1. The van der Waals surface area contributed by atoms with Crippen LogP contribution in [0.2, 0.25) is 0 Å². The minimum absolute atomic E-state index is 0.432. The van der Waals surface area contributed by atoms with Crippen molar-refractivity contribution in [3.8, 4) is 39.7 Å². The van der Waals surface area contributed by atoms with E-state index in [0.29, 0.717) is 16.8 Å². The Hall–Kier alpha value is -8.78. The molecule has 0 aliphatic rings. The van der Waals surface area contributed by atoms with Crippen LogP contribution in [0.5, 0.6) is 0 Å². The largest absolute Gasteiger partial charge is 0.318 e.